The summed E-state index contributed by atoms with van der Waals surface area (Å²) in [5.74, 6) is -0.301. The van der Waals surface area contributed by atoms with Crippen molar-refractivity contribution < 1.29 is 14.6 Å². The molecule has 0 aliphatic heterocycles. The number of phenolic OH excluding ortho intramolecular Hbond substituents is 1. The Bertz CT molecular complexity index is 837. The molecule has 0 unspecified atom stereocenters. The molecule has 2 N–H and O–H groups in total. The summed E-state index contributed by atoms with van der Waals surface area (Å²) in [6, 6.07) is 12.1. The number of carbonyl (C=O) groups excluding carboxylic acids is 1. The van der Waals surface area contributed by atoms with E-state index in [1.165, 1.54) is 25.3 Å². The topological polar surface area (TPSA) is 82.3 Å². The number of hydrogen-bond acceptors (Lipinski definition) is 4. The van der Waals surface area contributed by atoms with Crippen molar-refractivity contribution in [3.8, 4) is 17.6 Å². The van der Waals surface area contributed by atoms with Crippen molar-refractivity contribution in [1.29, 1.82) is 5.26 Å². The number of benzene rings is 2. The summed E-state index contributed by atoms with van der Waals surface area (Å²) in [5, 5.41) is 21.7. The van der Waals surface area contributed by atoms with Crippen molar-refractivity contribution >= 4 is 33.6 Å². The van der Waals surface area contributed by atoms with Gasteiger partial charge in [0, 0.05) is 10.2 Å². The van der Waals surface area contributed by atoms with Crippen LogP contribution in [-0.2, 0) is 4.79 Å². The first kappa shape index (κ1) is 17.6. The van der Waals surface area contributed by atoms with Gasteiger partial charge in [-0.1, -0.05) is 33.6 Å². The molecule has 0 fully saturated rings. The third-order valence-corrected chi connectivity index (χ3v) is 3.96. The highest BCUT2D eigenvalue weighted by Crippen LogP contribution is 2.33. The molecule has 6 heteroatoms. The van der Waals surface area contributed by atoms with Crippen LogP contribution in [0.25, 0.3) is 6.08 Å². The van der Waals surface area contributed by atoms with E-state index in [0.717, 1.165) is 5.56 Å². The number of aromatic hydroxyl groups is 1. The summed E-state index contributed by atoms with van der Waals surface area (Å²) in [6.07, 6.45) is 1.43. The molecular formula is C18H15BrN2O3. The maximum atomic E-state index is 12.3. The zero-order valence-electron chi connectivity index (χ0n) is 13.1. The van der Waals surface area contributed by atoms with E-state index in [2.05, 4.69) is 21.2 Å². The maximum absolute atomic E-state index is 12.3. The number of anilines is 1. The number of carbonyl (C=O) groups is 1. The lowest BCUT2D eigenvalue weighted by Crippen LogP contribution is -2.13. The number of rotatable bonds is 4. The van der Waals surface area contributed by atoms with Gasteiger partial charge in [0.15, 0.2) is 11.5 Å². The molecule has 2 aromatic rings. The first-order valence-electron chi connectivity index (χ1n) is 7.01. The number of methoxy groups -OCH3 is 1. The van der Waals surface area contributed by atoms with Gasteiger partial charge in [-0.05, 0) is 42.8 Å². The Morgan fingerprint density at radius 3 is 2.58 bits per heavy atom. The van der Waals surface area contributed by atoms with Crippen molar-refractivity contribution in [1.82, 2.24) is 0 Å². The van der Waals surface area contributed by atoms with Gasteiger partial charge in [-0.25, -0.2) is 0 Å². The number of phenols is 1. The Labute approximate surface area is 148 Å². The average Bonchev–Trinajstić information content (AvgIpc) is 2.56. The smallest absolute Gasteiger partial charge is 0.266 e. The van der Waals surface area contributed by atoms with Gasteiger partial charge in [-0.15, -0.1) is 0 Å². The number of halogens is 1. The van der Waals surface area contributed by atoms with Crippen molar-refractivity contribution in [3.05, 3.63) is 57.6 Å². The number of nitrogens with one attached hydrogen (secondary N) is 1. The van der Waals surface area contributed by atoms with Crippen LogP contribution >= 0.6 is 15.9 Å². The SMILES string of the molecule is COc1cc(/C=C(\C#N)C(=O)Nc2ccc(C)cc2)c(Br)cc1O. The second-order valence-electron chi connectivity index (χ2n) is 5.04. The summed E-state index contributed by atoms with van der Waals surface area (Å²) >= 11 is 3.29. The molecule has 0 bridgehead atoms. The van der Waals surface area contributed by atoms with Gasteiger partial charge in [0.25, 0.3) is 5.91 Å². The van der Waals surface area contributed by atoms with Crippen molar-refractivity contribution in [3.63, 3.8) is 0 Å². The van der Waals surface area contributed by atoms with E-state index in [4.69, 9.17) is 4.74 Å². The third-order valence-electron chi connectivity index (χ3n) is 3.27. The third kappa shape index (κ3) is 4.15. The predicted molar refractivity (Wildman–Crippen MR) is 95.8 cm³/mol. The lowest BCUT2D eigenvalue weighted by molar-refractivity contribution is -0.112. The molecule has 0 aliphatic carbocycles. The second-order valence-corrected chi connectivity index (χ2v) is 5.89. The Kier molecular flexibility index (Phi) is 5.61. The number of nitriles is 1. The van der Waals surface area contributed by atoms with Gasteiger partial charge < -0.3 is 15.2 Å². The number of ether oxygens (including phenoxy) is 1. The monoisotopic (exact) mass is 386 g/mol. The molecule has 0 spiro atoms. The highest BCUT2D eigenvalue weighted by molar-refractivity contribution is 9.10. The second kappa shape index (κ2) is 7.66. The summed E-state index contributed by atoms with van der Waals surface area (Å²) in [5.41, 5.74) is 2.16. The van der Waals surface area contributed by atoms with E-state index >= 15 is 0 Å². The zero-order chi connectivity index (χ0) is 17.7. The van der Waals surface area contributed by atoms with E-state index in [1.807, 2.05) is 25.1 Å². The fourth-order valence-electron chi connectivity index (χ4n) is 1.97. The highest BCUT2D eigenvalue weighted by atomic mass is 79.9. The van der Waals surface area contributed by atoms with E-state index in [9.17, 15) is 15.2 Å². The molecule has 24 heavy (non-hydrogen) atoms. The summed E-state index contributed by atoms with van der Waals surface area (Å²) in [4.78, 5) is 12.3. The normalized spacial score (nSPS) is 10.8. The fraction of sp³-hybridized carbons (Fsp3) is 0.111. The number of hydrogen-bond donors (Lipinski definition) is 2. The molecule has 0 heterocycles. The Morgan fingerprint density at radius 2 is 2.00 bits per heavy atom. The molecule has 5 nitrogen and oxygen atoms in total. The molecule has 0 aliphatic rings. The predicted octanol–water partition coefficient (Wildman–Crippen LogP) is 4.02. The van der Waals surface area contributed by atoms with Crippen LogP contribution in [0.5, 0.6) is 11.5 Å². The van der Waals surface area contributed by atoms with Crippen LogP contribution in [0.4, 0.5) is 5.69 Å². The minimum Gasteiger partial charge on any atom is -0.504 e. The largest absolute Gasteiger partial charge is 0.504 e. The molecular weight excluding hydrogens is 372 g/mol. The molecule has 0 radical (unpaired) electrons. The minimum absolute atomic E-state index is 0.0378. The van der Waals surface area contributed by atoms with Gasteiger partial charge in [0.2, 0.25) is 0 Å². The van der Waals surface area contributed by atoms with E-state index in [1.54, 1.807) is 12.1 Å². The van der Waals surface area contributed by atoms with Gasteiger partial charge in [-0.2, -0.15) is 5.26 Å². The minimum atomic E-state index is -0.514. The first-order valence-corrected chi connectivity index (χ1v) is 7.80. The number of aryl methyl sites for hydroxylation is 1. The van der Waals surface area contributed by atoms with Gasteiger partial charge in [0.1, 0.15) is 11.6 Å². The summed E-state index contributed by atoms with van der Waals surface area (Å²) < 4.78 is 5.58. The van der Waals surface area contributed by atoms with E-state index < -0.39 is 5.91 Å². The van der Waals surface area contributed by atoms with Crippen LogP contribution in [-0.4, -0.2) is 18.1 Å². The van der Waals surface area contributed by atoms with Crippen LogP contribution in [0, 0.1) is 18.3 Å². The molecule has 0 aromatic heterocycles. The first-order chi connectivity index (χ1) is 11.4. The Hall–Kier alpha value is -2.78. The molecule has 2 aromatic carbocycles. The maximum Gasteiger partial charge on any atom is 0.266 e. The summed E-state index contributed by atoms with van der Waals surface area (Å²) in [7, 11) is 1.42. The zero-order valence-corrected chi connectivity index (χ0v) is 14.7. The van der Waals surface area contributed by atoms with Crippen LogP contribution in [0.2, 0.25) is 0 Å². The molecule has 1 amide bonds. The highest BCUT2D eigenvalue weighted by Gasteiger charge is 2.12. The number of nitrogens with zero attached hydrogens (tertiary/aromatic N) is 1. The number of amides is 1. The van der Waals surface area contributed by atoms with Crippen LogP contribution in [0.15, 0.2) is 46.4 Å². The van der Waals surface area contributed by atoms with Crippen molar-refractivity contribution in [2.45, 2.75) is 6.92 Å². The lowest BCUT2D eigenvalue weighted by atomic mass is 10.1. The molecule has 0 saturated carbocycles. The van der Waals surface area contributed by atoms with E-state index in [0.29, 0.717) is 15.7 Å². The van der Waals surface area contributed by atoms with Gasteiger partial charge in [-0.3, -0.25) is 4.79 Å². The molecule has 0 atom stereocenters. The van der Waals surface area contributed by atoms with Crippen LogP contribution in [0.3, 0.4) is 0 Å². The quantitative estimate of drug-likeness (QED) is 0.613. The van der Waals surface area contributed by atoms with Gasteiger partial charge >= 0.3 is 0 Å². The molecule has 122 valence electrons. The van der Waals surface area contributed by atoms with Crippen LogP contribution in [0.1, 0.15) is 11.1 Å². The molecule has 0 saturated heterocycles. The van der Waals surface area contributed by atoms with Crippen molar-refractivity contribution in [2.24, 2.45) is 0 Å². The van der Waals surface area contributed by atoms with E-state index in [-0.39, 0.29) is 17.1 Å². The lowest BCUT2D eigenvalue weighted by Gasteiger charge is -2.08. The Morgan fingerprint density at radius 1 is 1.33 bits per heavy atom. The standard InChI is InChI=1S/C18H15BrN2O3/c1-11-3-5-14(6-4-11)21-18(23)13(10-20)7-12-8-17(24-2)16(22)9-15(12)19/h3-9,22H,1-2H3,(H,21,23)/b13-7+. The Balaban J connectivity index is 2.30. The average molecular weight is 387 g/mol. The van der Waals surface area contributed by atoms with Gasteiger partial charge in [0.05, 0.1) is 7.11 Å². The van der Waals surface area contributed by atoms with Crippen molar-refractivity contribution in [2.75, 3.05) is 12.4 Å². The van der Waals surface area contributed by atoms with Crippen LogP contribution < -0.4 is 10.1 Å². The summed E-state index contributed by atoms with van der Waals surface area (Å²) in [6.45, 7) is 1.95. The fourth-order valence-corrected chi connectivity index (χ4v) is 2.42. The molecule has 2 rings (SSSR count).